The Balaban J connectivity index is 2.46. The van der Waals surface area contributed by atoms with Crippen LogP contribution in [-0.4, -0.2) is 34.8 Å². The van der Waals surface area contributed by atoms with E-state index in [1.54, 1.807) is 0 Å². The summed E-state index contributed by atoms with van der Waals surface area (Å²) in [5, 5.41) is 3.49. The molecule has 0 amide bonds. The van der Waals surface area contributed by atoms with Crippen LogP contribution in [0.2, 0.25) is 0 Å². The summed E-state index contributed by atoms with van der Waals surface area (Å²) < 4.78 is 7.74. The van der Waals surface area contributed by atoms with Crippen molar-refractivity contribution in [3.63, 3.8) is 0 Å². The minimum Gasteiger partial charge on any atom is -0.377 e. The zero-order chi connectivity index (χ0) is 12.7. The normalized spacial score (nSPS) is 14.8. The van der Waals surface area contributed by atoms with E-state index in [0.717, 1.165) is 31.8 Å². The highest BCUT2D eigenvalue weighted by molar-refractivity contribution is 4.92. The SMILES string of the molecule is CCNC(CCc1nccn1C)C(C)OCC. The highest BCUT2D eigenvalue weighted by Crippen LogP contribution is 2.08. The average molecular weight is 239 g/mol. The van der Waals surface area contributed by atoms with Crippen molar-refractivity contribution in [2.24, 2.45) is 7.05 Å². The van der Waals surface area contributed by atoms with Gasteiger partial charge in [0.15, 0.2) is 0 Å². The molecule has 4 nitrogen and oxygen atoms in total. The summed E-state index contributed by atoms with van der Waals surface area (Å²) in [6, 6.07) is 0.400. The summed E-state index contributed by atoms with van der Waals surface area (Å²) >= 11 is 0. The Morgan fingerprint density at radius 1 is 1.47 bits per heavy atom. The number of likely N-dealkylation sites (N-methyl/N-ethyl adjacent to an activating group) is 1. The van der Waals surface area contributed by atoms with E-state index < -0.39 is 0 Å². The molecule has 0 aromatic carbocycles. The van der Waals surface area contributed by atoms with Crippen molar-refractivity contribution in [2.75, 3.05) is 13.2 Å². The standard InChI is InChI=1S/C13H25N3O/c1-5-14-12(11(3)17-6-2)7-8-13-15-9-10-16(13)4/h9-12,14H,5-8H2,1-4H3. The number of aromatic nitrogens is 2. The zero-order valence-corrected chi connectivity index (χ0v) is 11.4. The van der Waals surface area contributed by atoms with E-state index in [-0.39, 0.29) is 6.10 Å². The fraction of sp³-hybridized carbons (Fsp3) is 0.769. The van der Waals surface area contributed by atoms with Crippen LogP contribution < -0.4 is 5.32 Å². The van der Waals surface area contributed by atoms with E-state index >= 15 is 0 Å². The lowest BCUT2D eigenvalue weighted by Gasteiger charge is -2.24. The molecule has 4 heteroatoms. The van der Waals surface area contributed by atoms with Crippen LogP contribution in [0.1, 0.15) is 33.0 Å². The number of hydrogen-bond acceptors (Lipinski definition) is 3. The zero-order valence-electron chi connectivity index (χ0n) is 11.4. The lowest BCUT2D eigenvalue weighted by Crippen LogP contribution is -2.40. The lowest BCUT2D eigenvalue weighted by molar-refractivity contribution is 0.0456. The number of nitrogens with one attached hydrogen (secondary N) is 1. The summed E-state index contributed by atoms with van der Waals surface area (Å²) in [6.45, 7) is 8.05. The molecule has 98 valence electrons. The minimum atomic E-state index is 0.250. The lowest BCUT2D eigenvalue weighted by atomic mass is 10.1. The molecule has 1 aromatic heterocycles. The Labute approximate surface area is 104 Å². The van der Waals surface area contributed by atoms with Crippen molar-refractivity contribution in [1.82, 2.24) is 14.9 Å². The van der Waals surface area contributed by atoms with Crippen molar-refractivity contribution >= 4 is 0 Å². The second-order valence-electron chi connectivity index (χ2n) is 4.32. The first-order chi connectivity index (χ1) is 8.19. The van der Waals surface area contributed by atoms with Crippen LogP contribution in [0.3, 0.4) is 0 Å². The molecule has 1 heterocycles. The van der Waals surface area contributed by atoms with Gasteiger partial charge >= 0.3 is 0 Å². The average Bonchev–Trinajstić information content (AvgIpc) is 2.70. The summed E-state index contributed by atoms with van der Waals surface area (Å²) in [6.07, 6.45) is 6.13. The summed E-state index contributed by atoms with van der Waals surface area (Å²) in [7, 11) is 2.04. The fourth-order valence-electron chi connectivity index (χ4n) is 2.07. The quantitative estimate of drug-likeness (QED) is 0.751. The van der Waals surface area contributed by atoms with Crippen molar-refractivity contribution in [1.29, 1.82) is 0 Å². The maximum absolute atomic E-state index is 5.67. The van der Waals surface area contributed by atoms with E-state index in [1.807, 2.05) is 26.4 Å². The van der Waals surface area contributed by atoms with Crippen LogP contribution in [0.5, 0.6) is 0 Å². The second-order valence-corrected chi connectivity index (χ2v) is 4.32. The van der Waals surface area contributed by atoms with Gasteiger partial charge in [0.2, 0.25) is 0 Å². The second kappa shape index (κ2) is 7.45. The van der Waals surface area contributed by atoms with Gasteiger partial charge in [0.1, 0.15) is 5.82 Å². The van der Waals surface area contributed by atoms with E-state index in [2.05, 4.69) is 28.7 Å². The molecule has 0 aliphatic rings. The molecule has 0 saturated carbocycles. The van der Waals surface area contributed by atoms with Gasteiger partial charge in [0.05, 0.1) is 6.10 Å². The molecule has 0 aliphatic heterocycles. The van der Waals surface area contributed by atoms with Gasteiger partial charge in [0, 0.05) is 38.5 Å². The monoisotopic (exact) mass is 239 g/mol. The topological polar surface area (TPSA) is 39.1 Å². The summed E-state index contributed by atoms with van der Waals surface area (Å²) in [5.41, 5.74) is 0. The van der Waals surface area contributed by atoms with Gasteiger partial charge in [-0.3, -0.25) is 0 Å². The van der Waals surface area contributed by atoms with Crippen molar-refractivity contribution in [3.8, 4) is 0 Å². The van der Waals surface area contributed by atoms with Crippen LogP contribution in [0.4, 0.5) is 0 Å². The Kier molecular flexibility index (Phi) is 6.22. The van der Waals surface area contributed by atoms with Crippen molar-refractivity contribution in [3.05, 3.63) is 18.2 Å². The summed E-state index contributed by atoms with van der Waals surface area (Å²) in [5.74, 6) is 1.14. The van der Waals surface area contributed by atoms with Crippen LogP contribution in [0.25, 0.3) is 0 Å². The molecule has 2 atom stereocenters. The molecule has 0 aliphatic carbocycles. The third-order valence-electron chi connectivity index (χ3n) is 3.06. The molecule has 0 spiro atoms. The first kappa shape index (κ1) is 14.2. The van der Waals surface area contributed by atoms with Gasteiger partial charge in [-0.05, 0) is 26.8 Å². The Morgan fingerprint density at radius 2 is 2.24 bits per heavy atom. The third-order valence-corrected chi connectivity index (χ3v) is 3.06. The molecule has 17 heavy (non-hydrogen) atoms. The van der Waals surface area contributed by atoms with E-state index in [0.29, 0.717) is 6.04 Å². The van der Waals surface area contributed by atoms with Gasteiger partial charge < -0.3 is 14.6 Å². The molecule has 0 fully saturated rings. The number of rotatable bonds is 8. The molecule has 0 radical (unpaired) electrons. The van der Waals surface area contributed by atoms with Crippen LogP contribution in [0, 0.1) is 0 Å². The minimum absolute atomic E-state index is 0.250. The number of nitrogens with zero attached hydrogens (tertiary/aromatic N) is 2. The van der Waals surface area contributed by atoms with Crippen LogP contribution in [-0.2, 0) is 18.2 Å². The first-order valence-electron chi connectivity index (χ1n) is 6.50. The molecule has 0 saturated heterocycles. The molecule has 1 rings (SSSR count). The van der Waals surface area contributed by atoms with Gasteiger partial charge in [-0.1, -0.05) is 6.92 Å². The maximum Gasteiger partial charge on any atom is 0.108 e. The molecule has 1 aromatic rings. The number of hydrogen-bond donors (Lipinski definition) is 1. The van der Waals surface area contributed by atoms with Crippen molar-refractivity contribution in [2.45, 2.75) is 45.8 Å². The van der Waals surface area contributed by atoms with Gasteiger partial charge in [-0.25, -0.2) is 4.98 Å². The Morgan fingerprint density at radius 3 is 2.76 bits per heavy atom. The number of aryl methyl sites for hydroxylation is 2. The van der Waals surface area contributed by atoms with E-state index in [9.17, 15) is 0 Å². The first-order valence-corrected chi connectivity index (χ1v) is 6.50. The Hall–Kier alpha value is -0.870. The van der Waals surface area contributed by atoms with Crippen LogP contribution in [0.15, 0.2) is 12.4 Å². The fourth-order valence-corrected chi connectivity index (χ4v) is 2.07. The molecular formula is C13H25N3O. The smallest absolute Gasteiger partial charge is 0.108 e. The molecule has 2 unspecified atom stereocenters. The van der Waals surface area contributed by atoms with E-state index in [1.165, 1.54) is 0 Å². The van der Waals surface area contributed by atoms with E-state index in [4.69, 9.17) is 4.74 Å². The number of ether oxygens (including phenoxy) is 1. The largest absolute Gasteiger partial charge is 0.377 e. The Bertz CT molecular complexity index is 311. The van der Waals surface area contributed by atoms with Gasteiger partial charge in [-0.15, -0.1) is 0 Å². The third kappa shape index (κ3) is 4.48. The summed E-state index contributed by atoms with van der Waals surface area (Å²) in [4.78, 5) is 4.35. The van der Waals surface area contributed by atoms with Crippen LogP contribution >= 0.6 is 0 Å². The predicted octanol–water partition coefficient (Wildman–Crippen LogP) is 1.76. The number of imidazole rings is 1. The highest BCUT2D eigenvalue weighted by Gasteiger charge is 2.16. The van der Waals surface area contributed by atoms with Crippen molar-refractivity contribution < 1.29 is 4.74 Å². The molecule has 0 bridgehead atoms. The van der Waals surface area contributed by atoms with Gasteiger partial charge in [-0.2, -0.15) is 0 Å². The van der Waals surface area contributed by atoms with Gasteiger partial charge in [0.25, 0.3) is 0 Å². The molecular weight excluding hydrogens is 214 g/mol. The predicted molar refractivity (Wildman–Crippen MR) is 70.1 cm³/mol. The highest BCUT2D eigenvalue weighted by atomic mass is 16.5. The maximum atomic E-state index is 5.67. The molecule has 1 N–H and O–H groups in total.